The number of hydrogen-bond acceptors (Lipinski definition) is 3. The molecule has 0 bridgehead atoms. The largest absolute Gasteiger partial charge is 0.396 e. The van der Waals surface area contributed by atoms with Gasteiger partial charge in [0.25, 0.3) is 0 Å². The average molecular weight is 276 g/mol. The van der Waals surface area contributed by atoms with E-state index in [-0.39, 0.29) is 12.2 Å². The van der Waals surface area contributed by atoms with E-state index in [9.17, 15) is 9.90 Å². The van der Waals surface area contributed by atoms with E-state index < -0.39 is 0 Å². The van der Waals surface area contributed by atoms with Crippen molar-refractivity contribution in [2.24, 2.45) is 5.92 Å². The van der Waals surface area contributed by atoms with Crippen molar-refractivity contribution < 1.29 is 5.11 Å². The molecule has 3 atom stereocenters. The van der Waals surface area contributed by atoms with Crippen LogP contribution in [0.4, 0.5) is 0 Å². The van der Waals surface area contributed by atoms with Crippen molar-refractivity contribution in [3.63, 3.8) is 0 Å². The fourth-order valence-electron chi connectivity index (χ4n) is 3.78. The molecule has 2 aliphatic rings. The van der Waals surface area contributed by atoms with Gasteiger partial charge in [0.05, 0.1) is 0 Å². The van der Waals surface area contributed by atoms with Gasteiger partial charge in [-0.05, 0) is 43.6 Å². The van der Waals surface area contributed by atoms with Gasteiger partial charge in [0.15, 0.2) is 0 Å². The average Bonchev–Trinajstić information content (AvgIpc) is 2.47. The van der Waals surface area contributed by atoms with Crippen LogP contribution in [0.2, 0.25) is 0 Å². The number of fused-ring (bicyclic) bond motifs is 1. The highest BCUT2D eigenvalue weighted by Crippen LogP contribution is 2.31. The maximum Gasteiger partial charge on any atom is 0.248 e. The number of aryl methyl sites for hydroxylation is 1. The van der Waals surface area contributed by atoms with Crippen LogP contribution in [-0.4, -0.2) is 22.7 Å². The first-order valence-electron chi connectivity index (χ1n) is 7.87. The van der Waals surface area contributed by atoms with Gasteiger partial charge in [-0.3, -0.25) is 4.79 Å². The monoisotopic (exact) mass is 276 g/mol. The van der Waals surface area contributed by atoms with E-state index >= 15 is 0 Å². The van der Waals surface area contributed by atoms with Crippen LogP contribution in [0.5, 0.6) is 0 Å². The van der Waals surface area contributed by atoms with Crippen molar-refractivity contribution in [2.75, 3.05) is 6.61 Å². The van der Waals surface area contributed by atoms with Gasteiger partial charge in [0, 0.05) is 30.5 Å². The van der Waals surface area contributed by atoms with E-state index in [1.54, 1.807) is 6.07 Å². The van der Waals surface area contributed by atoms with E-state index in [4.69, 9.17) is 0 Å². The predicted molar refractivity (Wildman–Crippen MR) is 78.7 cm³/mol. The minimum absolute atomic E-state index is 0.00435. The summed E-state index contributed by atoms with van der Waals surface area (Å²) < 4.78 is 0. The summed E-state index contributed by atoms with van der Waals surface area (Å²) in [5.41, 5.74) is 2.34. The Kier molecular flexibility index (Phi) is 4.22. The van der Waals surface area contributed by atoms with Gasteiger partial charge < -0.3 is 15.4 Å². The number of aliphatic hydroxyl groups excluding tert-OH is 1. The molecule has 1 aromatic rings. The SMILES string of the molecule is O=c1ccc2c([nH]1)CCCC2NC1CCCCC1CO. The molecule has 0 radical (unpaired) electrons. The zero-order valence-corrected chi connectivity index (χ0v) is 11.9. The highest BCUT2D eigenvalue weighted by molar-refractivity contribution is 5.26. The maximum atomic E-state index is 11.4. The highest BCUT2D eigenvalue weighted by Gasteiger charge is 2.29. The Morgan fingerprint density at radius 2 is 2.05 bits per heavy atom. The van der Waals surface area contributed by atoms with Crippen molar-refractivity contribution in [1.29, 1.82) is 0 Å². The molecule has 4 heteroatoms. The zero-order valence-electron chi connectivity index (χ0n) is 11.9. The molecule has 0 aromatic carbocycles. The fraction of sp³-hybridized carbons (Fsp3) is 0.688. The first-order valence-corrected chi connectivity index (χ1v) is 7.87. The van der Waals surface area contributed by atoms with E-state index in [0.717, 1.165) is 37.8 Å². The number of hydrogen-bond donors (Lipinski definition) is 3. The smallest absolute Gasteiger partial charge is 0.248 e. The summed E-state index contributed by atoms with van der Waals surface area (Å²) in [7, 11) is 0. The highest BCUT2D eigenvalue weighted by atomic mass is 16.3. The van der Waals surface area contributed by atoms with Gasteiger partial charge in [-0.15, -0.1) is 0 Å². The number of pyridine rings is 1. The Bertz CT molecular complexity index is 511. The molecule has 110 valence electrons. The second kappa shape index (κ2) is 6.10. The van der Waals surface area contributed by atoms with Gasteiger partial charge in [-0.1, -0.05) is 18.9 Å². The molecule has 1 saturated carbocycles. The Hall–Kier alpha value is -1.13. The molecule has 3 N–H and O–H groups in total. The van der Waals surface area contributed by atoms with E-state index in [1.165, 1.54) is 18.4 Å². The third-order valence-electron chi connectivity index (χ3n) is 4.89. The van der Waals surface area contributed by atoms with Gasteiger partial charge in [-0.25, -0.2) is 0 Å². The third-order valence-corrected chi connectivity index (χ3v) is 4.89. The Morgan fingerprint density at radius 3 is 2.90 bits per heavy atom. The fourth-order valence-corrected chi connectivity index (χ4v) is 3.78. The lowest BCUT2D eigenvalue weighted by atomic mass is 9.83. The second-order valence-electron chi connectivity index (χ2n) is 6.20. The topological polar surface area (TPSA) is 65.1 Å². The number of H-pyrrole nitrogens is 1. The van der Waals surface area contributed by atoms with Gasteiger partial charge in [0.1, 0.15) is 0 Å². The standard InChI is InChI=1S/C16H24N2O2/c19-10-11-4-1-2-5-13(11)17-14-6-3-7-15-12(14)8-9-16(20)18-15/h8-9,11,13-14,17,19H,1-7,10H2,(H,18,20). The lowest BCUT2D eigenvalue weighted by Crippen LogP contribution is -2.43. The van der Waals surface area contributed by atoms with E-state index in [0.29, 0.717) is 18.0 Å². The molecule has 3 unspecified atom stereocenters. The van der Waals surface area contributed by atoms with Crippen LogP contribution in [-0.2, 0) is 6.42 Å². The van der Waals surface area contributed by atoms with Crippen molar-refractivity contribution in [1.82, 2.24) is 10.3 Å². The number of aromatic nitrogens is 1. The molecule has 1 heterocycles. The lowest BCUT2D eigenvalue weighted by Gasteiger charge is -2.36. The quantitative estimate of drug-likeness (QED) is 0.790. The minimum Gasteiger partial charge on any atom is -0.396 e. The summed E-state index contributed by atoms with van der Waals surface area (Å²) in [4.78, 5) is 14.4. The van der Waals surface area contributed by atoms with Crippen LogP contribution >= 0.6 is 0 Å². The molecule has 0 saturated heterocycles. The van der Waals surface area contributed by atoms with Crippen LogP contribution in [0.15, 0.2) is 16.9 Å². The van der Waals surface area contributed by atoms with Gasteiger partial charge in [0.2, 0.25) is 5.56 Å². The Labute approximate surface area is 119 Å². The van der Waals surface area contributed by atoms with Crippen molar-refractivity contribution in [3.05, 3.63) is 33.7 Å². The second-order valence-corrected chi connectivity index (χ2v) is 6.20. The van der Waals surface area contributed by atoms with E-state index in [2.05, 4.69) is 10.3 Å². The number of aromatic amines is 1. The van der Waals surface area contributed by atoms with Gasteiger partial charge in [-0.2, -0.15) is 0 Å². The Balaban J connectivity index is 1.77. The molecule has 1 aromatic heterocycles. The molecule has 0 spiro atoms. The molecular weight excluding hydrogens is 252 g/mol. The predicted octanol–water partition coefficient (Wildman–Crippen LogP) is 1.89. The molecule has 0 aliphatic heterocycles. The first kappa shape index (κ1) is 13.8. The first-order chi connectivity index (χ1) is 9.78. The van der Waals surface area contributed by atoms with E-state index in [1.807, 2.05) is 6.07 Å². The van der Waals surface area contributed by atoms with Crippen molar-refractivity contribution in [3.8, 4) is 0 Å². The van der Waals surface area contributed by atoms with Crippen molar-refractivity contribution >= 4 is 0 Å². The summed E-state index contributed by atoms with van der Waals surface area (Å²) in [5, 5.41) is 13.3. The van der Waals surface area contributed by atoms with Crippen molar-refractivity contribution in [2.45, 2.75) is 57.0 Å². The molecule has 20 heavy (non-hydrogen) atoms. The molecule has 3 rings (SSSR count). The lowest BCUT2D eigenvalue weighted by molar-refractivity contribution is 0.143. The molecule has 1 fully saturated rings. The minimum atomic E-state index is -0.00435. The van der Waals surface area contributed by atoms with Crippen LogP contribution in [0.25, 0.3) is 0 Å². The number of nitrogens with one attached hydrogen (secondary N) is 2. The van der Waals surface area contributed by atoms with Crippen LogP contribution in [0.1, 0.15) is 55.8 Å². The number of rotatable bonds is 3. The molecule has 2 aliphatic carbocycles. The third kappa shape index (κ3) is 2.81. The van der Waals surface area contributed by atoms with Crippen LogP contribution in [0, 0.1) is 5.92 Å². The zero-order chi connectivity index (χ0) is 13.9. The van der Waals surface area contributed by atoms with Crippen LogP contribution in [0.3, 0.4) is 0 Å². The molecular formula is C16H24N2O2. The summed E-state index contributed by atoms with van der Waals surface area (Å²) in [6, 6.07) is 4.34. The van der Waals surface area contributed by atoms with Gasteiger partial charge >= 0.3 is 0 Å². The molecule has 0 amide bonds. The maximum absolute atomic E-state index is 11.4. The summed E-state index contributed by atoms with van der Waals surface area (Å²) >= 11 is 0. The normalized spacial score (nSPS) is 29.9. The Morgan fingerprint density at radius 1 is 1.20 bits per heavy atom. The molecule has 4 nitrogen and oxygen atoms in total. The summed E-state index contributed by atoms with van der Waals surface area (Å²) in [6.45, 7) is 0.281. The summed E-state index contributed by atoms with van der Waals surface area (Å²) in [5.74, 6) is 0.386. The number of aliphatic hydroxyl groups is 1. The summed E-state index contributed by atoms with van der Waals surface area (Å²) in [6.07, 6.45) is 7.96. The van der Waals surface area contributed by atoms with Crippen LogP contribution < -0.4 is 10.9 Å².